The molecule has 0 spiro atoms. The summed E-state index contributed by atoms with van der Waals surface area (Å²) in [5.41, 5.74) is 8.67. The van der Waals surface area contributed by atoms with Gasteiger partial charge in [0.15, 0.2) is 0 Å². The van der Waals surface area contributed by atoms with E-state index in [4.69, 9.17) is 5.73 Å². The van der Waals surface area contributed by atoms with Crippen molar-refractivity contribution in [2.45, 2.75) is 19.9 Å². The van der Waals surface area contributed by atoms with Crippen LogP contribution in [0.5, 0.6) is 0 Å². The molecule has 0 aliphatic carbocycles. The maximum atomic E-state index is 11.2. The van der Waals surface area contributed by atoms with Crippen LogP contribution in [0.2, 0.25) is 0 Å². The second-order valence-electron chi connectivity index (χ2n) is 3.36. The first kappa shape index (κ1) is 13.9. The van der Waals surface area contributed by atoms with Gasteiger partial charge in [-0.05, 0) is 25.0 Å². The van der Waals surface area contributed by atoms with Crippen molar-refractivity contribution >= 4 is 18.4 Å². The fourth-order valence-electron chi connectivity index (χ4n) is 1.35. The molecular weight excluding hydrogens is 214 g/mol. The van der Waals surface area contributed by atoms with Crippen molar-refractivity contribution in [3.63, 3.8) is 0 Å². The van der Waals surface area contributed by atoms with Gasteiger partial charge in [0.05, 0.1) is 7.11 Å². The van der Waals surface area contributed by atoms with Crippen LogP contribution in [0.3, 0.4) is 0 Å². The lowest BCUT2D eigenvalue weighted by Gasteiger charge is -2.12. The lowest BCUT2D eigenvalue weighted by Crippen LogP contribution is -2.23. The predicted octanol–water partition coefficient (Wildman–Crippen LogP) is 1.90. The smallest absolute Gasteiger partial charge is 0.327 e. The van der Waals surface area contributed by atoms with Crippen molar-refractivity contribution in [1.82, 2.24) is 0 Å². The van der Waals surface area contributed by atoms with E-state index in [1.165, 1.54) is 7.11 Å². The molecule has 1 aromatic carbocycles. The molecule has 0 radical (unpaired) electrons. The average Bonchev–Trinajstić information content (AvgIpc) is 2.19. The van der Waals surface area contributed by atoms with Crippen molar-refractivity contribution in [2.75, 3.05) is 7.11 Å². The third-order valence-corrected chi connectivity index (χ3v) is 2.22. The molecule has 0 amide bonds. The Bertz CT molecular complexity index is 352. The summed E-state index contributed by atoms with van der Waals surface area (Å²) < 4.78 is 4.60. The number of carbonyl (C=O) groups excluding carboxylic acids is 1. The molecule has 3 nitrogen and oxygen atoms in total. The Morgan fingerprint density at radius 2 is 2.00 bits per heavy atom. The minimum atomic E-state index is -0.681. The van der Waals surface area contributed by atoms with Crippen LogP contribution >= 0.6 is 12.4 Å². The third kappa shape index (κ3) is 3.22. The Kier molecular flexibility index (Phi) is 5.33. The molecule has 0 saturated heterocycles. The molecule has 0 aliphatic heterocycles. The SMILES string of the molecule is COC(=O)C(N)c1cc(C)ccc1C.Cl. The molecule has 1 rings (SSSR count). The number of rotatable bonds is 2. The van der Waals surface area contributed by atoms with Crippen LogP contribution in [0, 0.1) is 13.8 Å². The van der Waals surface area contributed by atoms with Crippen molar-refractivity contribution in [1.29, 1.82) is 0 Å². The van der Waals surface area contributed by atoms with Gasteiger partial charge in [0.2, 0.25) is 0 Å². The van der Waals surface area contributed by atoms with Gasteiger partial charge in [0.25, 0.3) is 0 Å². The van der Waals surface area contributed by atoms with Crippen molar-refractivity contribution in [2.24, 2.45) is 5.73 Å². The molecule has 15 heavy (non-hydrogen) atoms. The van der Waals surface area contributed by atoms with Crippen molar-refractivity contribution in [3.05, 3.63) is 34.9 Å². The summed E-state index contributed by atoms with van der Waals surface area (Å²) in [7, 11) is 1.34. The van der Waals surface area contributed by atoms with Gasteiger partial charge in [-0.2, -0.15) is 0 Å². The van der Waals surface area contributed by atoms with Crippen LogP contribution in [0.4, 0.5) is 0 Å². The predicted molar refractivity (Wildman–Crippen MR) is 62.1 cm³/mol. The molecular formula is C11H16ClNO2. The zero-order valence-electron chi connectivity index (χ0n) is 9.11. The molecule has 0 aromatic heterocycles. The fraction of sp³-hybridized carbons (Fsp3) is 0.364. The molecule has 0 fully saturated rings. The second-order valence-corrected chi connectivity index (χ2v) is 3.36. The molecule has 0 heterocycles. The van der Waals surface area contributed by atoms with Gasteiger partial charge in [-0.3, -0.25) is 4.79 Å². The number of hydrogen-bond acceptors (Lipinski definition) is 3. The first-order valence-corrected chi connectivity index (χ1v) is 4.47. The van der Waals surface area contributed by atoms with Crippen molar-refractivity contribution < 1.29 is 9.53 Å². The normalized spacial score (nSPS) is 11.5. The zero-order chi connectivity index (χ0) is 10.7. The number of halogens is 1. The van der Waals surface area contributed by atoms with Crippen LogP contribution in [0.25, 0.3) is 0 Å². The maximum Gasteiger partial charge on any atom is 0.327 e. The average molecular weight is 230 g/mol. The molecule has 84 valence electrons. The van der Waals surface area contributed by atoms with Crippen LogP contribution in [0.1, 0.15) is 22.7 Å². The first-order valence-electron chi connectivity index (χ1n) is 4.47. The van der Waals surface area contributed by atoms with Gasteiger partial charge in [0, 0.05) is 0 Å². The fourth-order valence-corrected chi connectivity index (χ4v) is 1.35. The molecule has 1 aromatic rings. The molecule has 1 unspecified atom stereocenters. The van der Waals surface area contributed by atoms with Gasteiger partial charge in [-0.25, -0.2) is 0 Å². The van der Waals surface area contributed by atoms with Crippen LogP contribution < -0.4 is 5.73 Å². The van der Waals surface area contributed by atoms with E-state index in [1.54, 1.807) is 0 Å². The zero-order valence-corrected chi connectivity index (χ0v) is 9.93. The Morgan fingerprint density at radius 3 is 2.53 bits per heavy atom. The molecule has 0 bridgehead atoms. The summed E-state index contributed by atoms with van der Waals surface area (Å²) >= 11 is 0. The number of esters is 1. The summed E-state index contributed by atoms with van der Waals surface area (Å²) in [6.45, 7) is 3.89. The molecule has 0 aliphatic rings. The highest BCUT2D eigenvalue weighted by Crippen LogP contribution is 2.18. The van der Waals surface area contributed by atoms with Gasteiger partial charge in [-0.1, -0.05) is 23.8 Å². The van der Waals surface area contributed by atoms with E-state index in [0.29, 0.717) is 0 Å². The van der Waals surface area contributed by atoms with E-state index in [9.17, 15) is 4.79 Å². The van der Waals surface area contributed by atoms with Gasteiger partial charge in [-0.15, -0.1) is 12.4 Å². The van der Waals surface area contributed by atoms with E-state index in [0.717, 1.165) is 16.7 Å². The van der Waals surface area contributed by atoms with E-state index in [1.807, 2.05) is 32.0 Å². The summed E-state index contributed by atoms with van der Waals surface area (Å²) in [6, 6.07) is 5.17. The number of aryl methyl sites for hydroxylation is 2. The van der Waals surface area contributed by atoms with Gasteiger partial charge >= 0.3 is 5.97 Å². The van der Waals surface area contributed by atoms with E-state index in [-0.39, 0.29) is 12.4 Å². The highest BCUT2D eigenvalue weighted by molar-refractivity contribution is 5.85. The lowest BCUT2D eigenvalue weighted by atomic mass is 10.00. The van der Waals surface area contributed by atoms with Crippen LogP contribution in [0.15, 0.2) is 18.2 Å². The number of hydrogen-bond donors (Lipinski definition) is 1. The molecule has 0 saturated carbocycles. The number of ether oxygens (including phenoxy) is 1. The summed E-state index contributed by atoms with van der Waals surface area (Å²) in [4.78, 5) is 11.2. The first-order chi connectivity index (χ1) is 6.56. The number of benzene rings is 1. The highest BCUT2D eigenvalue weighted by Gasteiger charge is 2.17. The van der Waals surface area contributed by atoms with E-state index in [2.05, 4.69) is 4.74 Å². The summed E-state index contributed by atoms with van der Waals surface area (Å²) in [5, 5.41) is 0. The maximum absolute atomic E-state index is 11.2. The minimum absolute atomic E-state index is 0. The Labute approximate surface area is 96.0 Å². The number of methoxy groups -OCH3 is 1. The van der Waals surface area contributed by atoms with Crippen LogP contribution in [-0.2, 0) is 9.53 Å². The van der Waals surface area contributed by atoms with Crippen molar-refractivity contribution in [3.8, 4) is 0 Å². The molecule has 4 heteroatoms. The van der Waals surface area contributed by atoms with Gasteiger partial charge in [0.1, 0.15) is 6.04 Å². The Morgan fingerprint density at radius 1 is 1.40 bits per heavy atom. The quantitative estimate of drug-likeness (QED) is 0.789. The van der Waals surface area contributed by atoms with E-state index >= 15 is 0 Å². The third-order valence-electron chi connectivity index (χ3n) is 2.22. The minimum Gasteiger partial charge on any atom is -0.468 e. The Hall–Kier alpha value is -1.06. The molecule has 1 atom stereocenters. The summed E-state index contributed by atoms with van der Waals surface area (Å²) in [5.74, 6) is -0.404. The largest absolute Gasteiger partial charge is 0.468 e. The second kappa shape index (κ2) is 5.73. The standard InChI is InChI=1S/C11H15NO2.ClH/c1-7-4-5-8(2)9(6-7)10(12)11(13)14-3;/h4-6,10H,12H2,1-3H3;1H. The highest BCUT2D eigenvalue weighted by atomic mass is 35.5. The van der Waals surface area contributed by atoms with Crippen LogP contribution in [-0.4, -0.2) is 13.1 Å². The van der Waals surface area contributed by atoms with Gasteiger partial charge < -0.3 is 10.5 Å². The topological polar surface area (TPSA) is 52.3 Å². The number of nitrogens with two attached hydrogens (primary N) is 1. The lowest BCUT2D eigenvalue weighted by molar-refractivity contribution is -0.142. The monoisotopic (exact) mass is 229 g/mol. The Balaban J connectivity index is 0.00000196. The molecule has 2 N–H and O–H groups in total. The summed E-state index contributed by atoms with van der Waals surface area (Å²) in [6.07, 6.45) is 0. The van der Waals surface area contributed by atoms with E-state index < -0.39 is 12.0 Å². The number of carbonyl (C=O) groups is 1.